The van der Waals surface area contributed by atoms with Crippen LogP contribution in [-0.2, 0) is 0 Å². The molecule has 0 bridgehead atoms. The fourth-order valence-corrected chi connectivity index (χ4v) is 0.781. The van der Waals surface area contributed by atoms with Gasteiger partial charge in [-0.1, -0.05) is 33.8 Å². The molecular formula is C11H23N. The molecule has 0 aromatic heterocycles. The first kappa shape index (κ1) is 14.0. The van der Waals surface area contributed by atoms with E-state index in [0.717, 1.165) is 6.54 Å². The van der Waals surface area contributed by atoms with Gasteiger partial charge >= 0.3 is 0 Å². The average Bonchev–Trinajstić information content (AvgIpc) is 2.08. The summed E-state index contributed by atoms with van der Waals surface area (Å²) in [6, 6.07) is 0. The molecule has 0 aliphatic rings. The summed E-state index contributed by atoms with van der Waals surface area (Å²) in [5, 5.41) is 0. The largest absolute Gasteiger partial charge is 0.290 e. The first-order valence-electron chi connectivity index (χ1n) is 4.89. The lowest BCUT2D eigenvalue weighted by atomic mass is 10.1. The Labute approximate surface area is 77.6 Å². The molecular weight excluding hydrogens is 146 g/mol. The van der Waals surface area contributed by atoms with E-state index in [4.69, 9.17) is 0 Å². The van der Waals surface area contributed by atoms with E-state index < -0.39 is 0 Å². The van der Waals surface area contributed by atoms with E-state index in [1.165, 1.54) is 5.71 Å². The van der Waals surface area contributed by atoms with Crippen molar-refractivity contribution in [2.24, 2.45) is 10.9 Å². The summed E-state index contributed by atoms with van der Waals surface area (Å²) in [4.78, 5) is 4.34. The van der Waals surface area contributed by atoms with Gasteiger partial charge in [0, 0.05) is 12.3 Å². The summed E-state index contributed by atoms with van der Waals surface area (Å²) < 4.78 is 0. The molecule has 0 N–H and O–H groups in total. The zero-order valence-corrected chi connectivity index (χ0v) is 9.39. The van der Waals surface area contributed by atoms with E-state index in [1.54, 1.807) is 0 Å². The second kappa shape index (κ2) is 10.4. The molecule has 1 heteroatoms. The highest BCUT2D eigenvalue weighted by Crippen LogP contribution is 1.98. The Morgan fingerprint density at radius 2 is 1.83 bits per heavy atom. The van der Waals surface area contributed by atoms with Gasteiger partial charge in [-0.25, -0.2) is 0 Å². The van der Waals surface area contributed by atoms with Crippen LogP contribution in [-0.4, -0.2) is 12.3 Å². The number of allylic oxidation sites excluding steroid dienone is 2. The molecule has 0 aromatic rings. The predicted molar refractivity (Wildman–Crippen MR) is 59.0 cm³/mol. The van der Waals surface area contributed by atoms with Crippen LogP contribution in [0.4, 0.5) is 0 Å². The monoisotopic (exact) mass is 169 g/mol. The zero-order valence-electron chi connectivity index (χ0n) is 9.39. The highest BCUT2D eigenvalue weighted by atomic mass is 14.7. The van der Waals surface area contributed by atoms with Gasteiger partial charge < -0.3 is 0 Å². The van der Waals surface area contributed by atoms with E-state index in [9.17, 15) is 0 Å². The molecule has 0 heterocycles. The van der Waals surface area contributed by atoms with Gasteiger partial charge in [-0.15, -0.1) is 0 Å². The number of hydrogen-bond donors (Lipinski definition) is 0. The minimum Gasteiger partial charge on any atom is -0.290 e. The van der Waals surface area contributed by atoms with E-state index in [-0.39, 0.29) is 0 Å². The van der Waals surface area contributed by atoms with Crippen LogP contribution in [0.2, 0.25) is 0 Å². The first-order valence-corrected chi connectivity index (χ1v) is 4.89. The van der Waals surface area contributed by atoms with Gasteiger partial charge in [0.05, 0.1) is 0 Å². The van der Waals surface area contributed by atoms with Crippen LogP contribution in [0.5, 0.6) is 0 Å². The van der Waals surface area contributed by atoms with Crippen LogP contribution >= 0.6 is 0 Å². The molecule has 0 aliphatic heterocycles. The van der Waals surface area contributed by atoms with Crippen molar-refractivity contribution >= 4 is 5.71 Å². The maximum atomic E-state index is 4.34. The highest BCUT2D eigenvalue weighted by molar-refractivity contribution is 5.96. The van der Waals surface area contributed by atoms with Crippen molar-refractivity contribution in [1.29, 1.82) is 0 Å². The maximum absolute atomic E-state index is 4.34. The van der Waals surface area contributed by atoms with Crippen LogP contribution in [0.25, 0.3) is 0 Å². The van der Waals surface area contributed by atoms with Gasteiger partial charge in [0.1, 0.15) is 0 Å². The lowest BCUT2D eigenvalue weighted by molar-refractivity contribution is 0.877. The molecule has 72 valence electrons. The summed E-state index contributed by atoms with van der Waals surface area (Å²) in [5.74, 6) is 0.552. The third-order valence-corrected chi connectivity index (χ3v) is 1.27. The molecule has 0 fully saturated rings. The Bertz CT molecular complexity index is 132. The number of hydrogen-bond acceptors (Lipinski definition) is 1. The zero-order chi connectivity index (χ0) is 9.98. The van der Waals surface area contributed by atoms with Crippen LogP contribution in [0.3, 0.4) is 0 Å². The molecule has 0 radical (unpaired) electrons. The van der Waals surface area contributed by atoms with Gasteiger partial charge in [0.25, 0.3) is 0 Å². The average molecular weight is 169 g/mol. The molecule has 0 rings (SSSR count). The van der Waals surface area contributed by atoms with Gasteiger partial charge in [-0.3, -0.25) is 4.99 Å². The Morgan fingerprint density at radius 3 is 2.08 bits per heavy atom. The molecule has 1 nitrogen and oxygen atoms in total. The second-order valence-corrected chi connectivity index (χ2v) is 2.55. The van der Waals surface area contributed by atoms with E-state index in [0.29, 0.717) is 5.92 Å². The summed E-state index contributed by atoms with van der Waals surface area (Å²) in [6.45, 7) is 13.3. The second-order valence-electron chi connectivity index (χ2n) is 2.55. The SMILES string of the molecule is C/C=C\C(=NCC)C(C)C.CC. The molecule has 0 saturated heterocycles. The molecule has 0 aliphatic carbocycles. The van der Waals surface area contributed by atoms with Crippen molar-refractivity contribution in [2.75, 3.05) is 6.54 Å². The van der Waals surface area contributed by atoms with E-state index >= 15 is 0 Å². The lowest BCUT2D eigenvalue weighted by Gasteiger charge is -2.03. The van der Waals surface area contributed by atoms with E-state index in [1.807, 2.05) is 26.8 Å². The third kappa shape index (κ3) is 7.52. The summed E-state index contributed by atoms with van der Waals surface area (Å²) in [7, 11) is 0. The normalized spacial score (nSPS) is 11.8. The van der Waals surface area contributed by atoms with Crippen molar-refractivity contribution in [3.63, 3.8) is 0 Å². The number of nitrogens with zero attached hydrogens (tertiary/aromatic N) is 1. The molecule has 0 aromatic carbocycles. The van der Waals surface area contributed by atoms with Gasteiger partial charge in [0.15, 0.2) is 0 Å². The van der Waals surface area contributed by atoms with Crippen LogP contribution < -0.4 is 0 Å². The Morgan fingerprint density at radius 1 is 1.33 bits per heavy atom. The fraction of sp³-hybridized carbons (Fsp3) is 0.727. The van der Waals surface area contributed by atoms with Gasteiger partial charge in [0.2, 0.25) is 0 Å². The van der Waals surface area contributed by atoms with Crippen molar-refractivity contribution in [3.05, 3.63) is 12.2 Å². The number of rotatable bonds is 3. The standard InChI is InChI=1S/C9H17N.C2H6/c1-5-7-9(8(3)4)10-6-2;1-2/h5,7-8H,6H2,1-4H3;1-2H3/b7-5-,10-9?;. The Balaban J connectivity index is 0. The van der Waals surface area contributed by atoms with Crippen molar-refractivity contribution in [1.82, 2.24) is 0 Å². The third-order valence-electron chi connectivity index (χ3n) is 1.27. The number of aliphatic imine (C=N–C) groups is 1. The maximum Gasteiger partial charge on any atom is 0.0370 e. The molecule has 0 unspecified atom stereocenters. The summed E-state index contributed by atoms with van der Waals surface area (Å²) in [5.41, 5.74) is 1.20. The van der Waals surface area contributed by atoms with Crippen LogP contribution in [0, 0.1) is 5.92 Å². The minimum absolute atomic E-state index is 0.552. The van der Waals surface area contributed by atoms with E-state index in [2.05, 4.69) is 31.8 Å². The van der Waals surface area contributed by atoms with Crippen LogP contribution in [0.15, 0.2) is 17.1 Å². The first-order chi connectivity index (χ1) is 5.72. The molecule has 0 amide bonds. The molecule has 0 spiro atoms. The Hall–Kier alpha value is -0.590. The highest BCUT2D eigenvalue weighted by Gasteiger charge is 1.97. The van der Waals surface area contributed by atoms with Gasteiger partial charge in [-0.05, 0) is 25.8 Å². The fourth-order valence-electron chi connectivity index (χ4n) is 0.781. The van der Waals surface area contributed by atoms with Crippen LogP contribution in [0.1, 0.15) is 41.5 Å². The summed E-state index contributed by atoms with van der Waals surface area (Å²) in [6.07, 6.45) is 4.11. The van der Waals surface area contributed by atoms with Crippen molar-refractivity contribution in [3.8, 4) is 0 Å². The van der Waals surface area contributed by atoms with Crippen molar-refractivity contribution < 1.29 is 0 Å². The topological polar surface area (TPSA) is 12.4 Å². The van der Waals surface area contributed by atoms with Gasteiger partial charge in [-0.2, -0.15) is 0 Å². The molecule has 0 atom stereocenters. The quantitative estimate of drug-likeness (QED) is 0.571. The summed E-state index contributed by atoms with van der Waals surface area (Å²) >= 11 is 0. The Kier molecular flexibility index (Phi) is 12.1. The lowest BCUT2D eigenvalue weighted by Crippen LogP contribution is -2.03. The molecule has 0 saturated carbocycles. The minimum atomic E-state index is 0.552. The molecule has 12 heavy (non-hydrogen) atoms. The smallest absolute Gasteiger partial charge is 0.0370 e. The van der Waals surface area contributed by atoms with Crippen molar-refractivity contribution in [2.45, 2.75) is 41.5 Å². The predicted octanol–water partition coefficient (Wildman–Crippen LogP) is 3.71.